The van der Waals surface area contributed by atoms with Gasteiger partial charge in [-0.2, -0.15) is 4.98 Å². The van der Waals surface area contributed by atoms with E-state index >= 15 is 0 Å². The Bertz CT molecular complexity index is 393. The van der Waals surface area contributed by atoms with Gasteiger partial charge in [-0.1, -0.05) is 26.1 Å². The fourth-order valence-electron chi connectivity index (χ4n) is 1.02. The van der Waals surface area contributed by atoms with Gasteiger partial charge in [0.05, 0.1) is 0 Å². The lowest BCUT2D eigenvalue weighted by molar-refractivity contribution is 0.155. The summed E-state index contributed by atoms with van der Waals surface area (Å²) in [5.74, 6) is 0.400. The summed E-state index contributed by atoms with van der Waals surface area (Å²) in [6.07, 6.45) is 0.0565. The molecule has 2 N–H and O–H groups in total. The SMILES string of the molecule is Cc1cc(C(N)=S)nc(OC(C)C(C)C)n1. The first kappa shape index (κ1) is 12.8. The van der Waals surface area contributed by atoms with E-state index in [1.54, 1.807) is 6.07 Å². The zero-order valence-corrected chi connectivity index (χ0v) is 10.8. The van der Waals surface area contributed by atoms with Crippen LogP contribution in [0.2, 0.25) is 0 Å². The van der Waals surface area contributed by atoms with E-state index in [-0.39, 0.29) is 11.1 Å². The monoisotopic (exact) mass is 239 g/mol. The Labute approximate surface area is 101 Å². The third-order valence-electron chi connectivity index (χ3n) is 2.32. The number of hydrogen-bond acceptors (Lipinski definition) is 4. The summed E-state index contributed by atoms with van der Waals surface area (Å²) in [6.45, 7) is 8.00. The molecule has 0 spiro atoms. The van der Waals surface area contributed by atoms with Crippen molar-refractivity contribution < 1.29 is 4.74 Å². The van der Waals surface area contributed by atoms with E-state index in [0.29, 0.717) is 17.6 Å². The van der Waals surface area contributed by atoms with Gasteiger partial charge in [-0.05, 0) is 25.8 Å². The Morgan fingerprint density at radius 1 is 1.38 bits per heavy atom. The summed E-state index contributed by atoms with van der Waals surface area (Å²) < 4.78 is 5.61. The third kappa shape index (κ3) is 3.41. The van der Waals surface area contributed by atoms with E-state index < -0.39 is 0 Å². The highest BCUT2D eigenvalue weighted by Gasteiger charge is 2.12. The standard InChI is InChI=1S/C11H17N3OS/c1-6(2)8(4)15-11-13-7(3)5-9(14-11)10(12)16/h5-6,8H,1-4H3,(H2,12,16). The van der Waals surface area contributed by atoms with Crippen molar-refractivity contribution in [1.29, 1.82) is 0 Å². The lowest BCUT2D eigenvalue weighted by Gasteiger charge is -2.16. The first-order chi connectivity index (χ1) is 7.40. The molecule has 1 rings (SSSR count). The predicted octanol–water partition coefficient (Wildman–Crippen LogP) is 1.84. The maximum Gasteiger partial charge on any atom is 0.317 e. The minimum atomic E-state index is 0.0565. The normalized spacial score (nSPS) is 12.6. The van der Waals surface area contributed by atoms with Crippen molar-refractivity contribution >= 4 is 17.2 Å². The summed E-state index contributed by atoms with van der Waals surface area (Å²) >= 11 is 4.88. The number of nitrogens with two attached hydrogens (primary N) is 1. The quantitative estimate of drug-likeness (QED) is 0.812. The van der Waals surface area contributed by atoms with Crippen LogP contribution < -0.4 is 10.5 Å². The first-order valence-electron chi connectivity index (χ1n) is 5.22. The van der Waals surface area contributed by atoms with Crippen LogP contribution in [0.5, 0.6) is 6.01 Å². The fourth-order valence-corrected chi connectivity index (χ4v) is 1.13. The van der Waals surface area contributed by atoms with Crippen molar-refractivity contribution in [3.63, 3.8) is 0 Å². The molecular weight excluding hydrogens is 222 g/mol. The van der Waals surface area contributed by atoms with E-state index in [2.05, 4.69) is 23.8 Å². The molecule has 1 aromatic heterocycles. The Hall–Kier alpha value is -1.23. The van der Waals surface area contributed by atoms with Crippen molar-refractivity contribution in [2.24, 2.45) is 11.7 Å². The van der Waals surface area contributed by atoms with Gasteiger partial charge in [0.15, 0.2) is 0 Å². The van der Waals surface area contributed by atoms with Gasteiger partial charge < -0.3 is 10.5 Å². The number of thiocarbonyl (C=S) groups is 1. The van der Waals surface area contributed by atoms with E-state index in [9.17, 15) is 0 Å². The van der Waals surface area contributed by atoms with Crippen LogP contribution in [0.4, 0.5) is 0 Å². The molecule has 0 saturated heterocycles. The second kappa shape index (κ2) is 5.21. The van der Waals surface area contributed by atoms with E-state index in [1.807, 2.05) is 13.8 Å². The zero-order valence-electron chi connectivity index (χ0n) is 10.0. The molecule has 0 amide bonds. The molecule has 1 unspecified atom stereocenters. The highest BCUT2D eigenvalue weighted by molar-refractivity contribution is 7.80. The van der Waals surface area contributed by atoms with E-state index in [0.717, 1.165) is 5.69 Å². The highest BCUT2D eigenvalue weighted by Crippen LogP contribution is 2.12. The van der Waals surface area contributed by atoms with Gasteiger partial charge in [0.2, 0.25) is 0 Å². The van der Waals surface area contributed by atoms with Gasteiger partial charge in [0.25, 0.3) is 0 Å². The minimum absolute atomic E-state index is 0.0565. The molecule has 1 atom stereocenters. The molecule has 0 radical (unpaired) electrons. The maximum atomic E-state index is 5.61. The van der Waals surface area contributed by atoms with Crippen LogP contribution in [0.15, 0.2) is 6.07 Å². The van der Waals surface area contributed by atoms with Crippen molar-refractivity contribution in [1.82, 2.24) is 9.97 Å². The number of aryl methyl sites for hydroxylation is 1. The molecule has 0 fully saturated rings. The van der Waals surface area contributed by atoms with Gasteiger partial charge in [-0.3, -0.25) is 0 Å². The Kier molecular flexibility index (Phi) is 4.18. The van der Waals surface area contributed by atoms with Crippen molar-refractivity contribution in [3.05, 3.63) is 17.5 Å². The molecule has 0 aliphatic heterocycles. The van der Waals surface area contributed by atoms with Crippen molar-refractivity contribution in [2.45, 2.75) is 33.8 Å². The van der Waals surface area contributed by atoms with Crippen molar-refractivity contribution in [2.75, 3.05) is 0 Å². The van der Waals surface area contributed by atoms with E-state index in [4.69, 9.17) is 22.7 Å². The zero-order chi connectivity index (χ0) is 12.3. The average molecular weight is 239 g/mol. The first-order valence-corrected chi connectivity index (χ1v) is 5.63. The van der Waals surface area contributed by atoms with Crippen LogP contribution in [-0.2, 0) is 0 Å². The molecule has 0 bridgehead atoms. The third-order valence-corrected chi connectivity index (χ3v) is 2.53. The second-order valence-electron chi connectivity index (χ2n) is 4.11. The lowest BCUT2D eigenvalue weighted by Crippen LogP contribution is -2.21. The largest absolute Gasteiger partial charge is 0.460 e. The van der Waals surface area contributed by atoms with Crippen molar-refractivity contribution in [3.8, 4) is 6.01 Å². The number of rotatable bonds is 4. The van der Waals surface area contributed by atoms with Gasteiger partial charge in [0.1, 0.15) is 16.8 Å². The summed E-state index contributed by atoms with van der Waals surface area (Å²) in [6, 6.07) is 2.08. The number of nitrogens with zero attached hydrogens (tertiary/aromatic N) is 2. The molecule has 1 aromatic rings. The summed E-state index contributed by atoms with van der Waals surface area (Å²) in [7, 11) is 0. The Morgan fingerprint density at radius 2 is 2.00 bits per heavy atom. The lowest BCUT2D eigenvalue weighted by atomic mass is 10.1. The molecular formula is C11H17N3OS. The Balaban J connectivity index is 2.92. The highest BCUT2D eigenvalue weighted by atomic mass is 32.1. The van der Waals surface area contributed by atoms with Gasteiger partial charge in [0, 0.05) is 5.69 Å². The minimum Gasteiger partial charge on any atom is -0.460 e. The van der Waals surface area contributed by atoms with Crippen LogP contribution in [0.3, 0.4) is 0 Å². The molecule has 4 nitrogen and oxygen atoms in total. The topological polar surface area (TPSA) is 61.0 Å². The van der Waals surface area contributed by atoms with Gasteiger partial charge >= 0.3 is 6.01 Å². The molecule has 0 aliphatic rings. The summed E-state index contributed by atoms with van der Waals surface area (Å²) in [5.41, 5.74) is 6.87. The summed E-state index contributed by atoms with van der Waals surface area (Å²) in [5, 5.41) is 0. The molecule has 0 aromatic carbocycles. The molecule has 0 aliphatic carbocycles. The van der Waals surface area contributed by atoms with Crippen LogP contribution in [0.25, 0.3) is 0 Å². The van der Waals surface area contributed by atoms with Crippen LogP contribution in [0, 0.1) is 12.8 Å². The Morgan fingerprint density at radius 3 is 2.50 bits per heavy atom. The van der Waals surface area contributed by atoms with Crippen LogP contribution in [0.1, 0.15) is 32.2 Å². The smallest absolute Gasteiger partial charge is 0.317 e. The number of hydrogen-bond donors (Lipinski definition) is 1. The van der Waals surface area contributed by atoms with Gasteiger partial charge in [-0.25, -0.2) is 4.98 Å². The number of aromatic nitrogens is 2. The molecule has 1 heterocycles. The molecule has 88 valence electrons. The van der Waals surface area contributed by atoms with Gasteiger partial charge in [-0.15, -0.1) is 0 Å². The molecule has 5 heteroatoms. The summed E-state index contributed by atoms with van der Waals surface area (Å²) in [4.78, 5) is 8.60. The maximum absolute atomic E-state index is 5.61. The molecule has 0 saturated carbocycles. The van der Waals surface area contributed by atoms with Crippen LogP contribution in [-0.4, -0.2) is 21.1 Å². The van der Waals surface area contributed by atoms with E-state index in [1.165, 1.54) is 0 Å². The number of ether oxygens (including phenoxy) is 1. The fraction of sp³-hybridized carbons (Fsp3) is 0.545. The van der Waals surface area contributed by atoms with Crippen LogP contribution >= 0.6 is 12.2 Å². The predicted molar refractivity (Wildman–Crippen MR) is 67.6 cm³/mol. The molecule has 16 heavy (non-hydrogen) atoms. The second-order valence-corrected chi connectivity index (χ2v) is 4.55. The average Bonchev–Trinajstić information content (AvgIpc) is 2.16.